The summed E-state index contributed by atoms with van der Waals surface area (Å²) in [5.41, 5.74) is 0.194. The molecule has 0 aliphatic rings. The normalized spacial score (nSPS) is 10.2. The van der Waals surface area contributed by atoms with Crippen molar-refractivity contribution in [3.05, 3.63) is 78.1 Å². The summed E-state index contributed by atoms with van der Waals surface area (Å²) in [6.07, 6.45) is 3.10. The monoisotopic (exact) mass is 327 g/mol. The quantitative estimate of drug-likeness (QED) is 0.791. The Morgan fingerprint density at radius 2 is 1.71 bits per heavy atom. The Morgan fingerprint density at radius 1 is 1.00 bits per heavy atom. The molecular weight excluding hydrogens is 316 g/mol. The van der Waals surface area contributed by atoms with Crippen molar-refractivity contribution in [2.45, 2.75) is 0 Å². The molecule has 7 heteroatoms. The van der Waals surface area contributed by atoms with Crippen molar-refractivity contribution in [2.24, 2.45) is 0 Å². The zero-order valence-corrected chi connectivity index (χ0v) is 12.2. The van der Waals surface area contributed by atoms with Gasteiger partial charge >= 0.3 is 6.01 Å². The van der Waals surface area contributed by atoms with Gasteiger partial charge in [-0.1, -0.05) is 0 Å². The molecule has 1 N–H and O–H groups in total. The first-order chi connectivity index (χ1) is 11.6. The number of carbonyl (C=O) groups excluding carboxylic acids is 1. The van der Waals surface area contributed by atoms with Gasteiger partial charge in [0.15, 0.2) is 0 Å². The van der Waals surface area contributed by atoms with Crippen molar-refractivity contribution in [3.8, 4) is 11.8 Å². The Labute approximate surface area is 136 Å². The number of hydrogen-bond acceptors (Lipinski definition) is 4. The molecule has 1 aromatic heterocycles. The third kappa shape index (κ3) is 3.70. The summed E-state index contributed by atoms with van der Waals surface area (Å²) in [5.74, 6) is -1.86. The van der Waals surface area contributed by atoms with Crippen LogP contribution in [-0.4, -0.2) is 15.9 Å². The topological polar surface area (TPSA) is 64.1 Å². The van der Waals surface area contributed by atoms with Crippen LogP contribution in [0.25, 0.3) is 0 Å². The smallest absolute Gasteiger partial charge is 0.321 e. The van der Waals surface area contributed by atoms with E-state index in [2.05, 4.69) is 15.3 Å². The number of halogens is 2. The summed E-state index contributed by atoms with van der Waals surface area (Å²) in [5, 5.41) is 2.52. The molecule has 0 saturated carbocycles. The third-order valence-corrected chi connectivity index (χ3v) is 3.04. The zero-order chi connectivity index (χ0) is 16.9. The predicted octanol–water partition coefficient (Wildman–Crippen LogP) is 3.80. The highest BCUT2D eigenvalue weighted by atomic mass is 19.1. The number of rotatable bonds is 4. The van der Waals surface area contributed by atoms with Gasteiger partial charge in [0.25, 0.3) is 5.91 Å². The van der Waals surface area contributed by atoms with Crippen LogP contribution >= 0.6 is 0 Å². The first-order valence-corrected chi connectivity index (χ1v) is 6.93. The molecule has 2 aromatic carbocycles. The molecule has 24 heavy (non-hydrogen) atoms. The van der Waals surface area contributed by atoms with Gasteiger partial charge in [0.2, 0.25) is 0 Å². The Bertz CT molecular complexity index is 855. The van der Waals surface area contributed by atoms with Crippen LogP contribution < -0.4 is 10.1 Å². The van der Waals surface area contributed by atoms with Gasteiger partial charge in [-0.2, -0.15) is 0 Å². The van der Waals surface area contributed by atoms with Crippen molar-refractivity contribution >= 4 is 11.6 Å². The lowest BCUT2D eigenvalue weighted by molar-refractivity contribution is 0.102. The molecule has 0 aliphatic carbocycles. The van der Waals surface area contributed by atoms with E-state index in [4.69, 9.17) is 4.74 Å². The fourth-order valence-electron chi connectivity index (χ4n) is 1.92. The Kier molecular flexibility index (Phi) is 4.42. The molecule has 3 rings (SSSR count). The number of benzene rings is 2. The molecule has 3 aromatic rings. The second-order valence-electron chi connectivity index (χ2n) is 4.74. The van der Waals surface area contributed by atoms with Gasteiger partial charge in [-0.25, -0.2) is 18.7 Å². The maximum Gasteiger partial charge on any atom is 0.321 e. The summed E-state index contributed by atoms with van der Waals surface area (Å²) in [7, 11) is 0. The van der Waals surface area contributed by atoms with Gasteiger partial charge in [-0.3, -0.25) is 4.79 Å². The highest BCUT2D eigenvalue weighted by Crippen LogP contribution is 2.20. The summed E-state index contributed by atoms with van der Waals surface area (Å²) in [4.78, 5) is 19.8. The molecule has 0 radical (unpaired) electrons. The summed E-state index contributed by atoms with van der Waals surface area (Å²) in [6, 6.07) is 11.0. The van der Waals surface area contributed by atoms with Crippen LogP contribution in [-0.2, 0) is 0 Å². The van der Waals surface area contributed by atoms with Crippen molar-refractivity contribution in [1.82, 2.24) is 9.97 Å². The molecule has 0 atom stereocenters. The maximum absolute atomic E-state index is 13.6. The number of anilines is 1. The molecule has 0 spiro atoms. The third-order valence-electron chi connectivity index (χ3n) is 3.04. The fraction of sp³-hybridized carbons (Fsp3) is 0. The van der Waals surface area contributed by atoms with Crippen LogP contribution in [0, 0.1) is 11.6 Å². The van der Waals surface area contributed by atoms with Crippen molar-refractivity contribution in [3.63, 3.8) is 0 Å². The molecular formula is C17H11F2N3O2. The number of hydrogen-bond donors (Lipinski definition) is 1. The Morgan fingerprint density at radius 3 is 2.38 bits per heavy atom. The van der Waals surface area contributed by atoms with E-state index in [0.717, 1.165) is 12.1 Å². The lowest BCUT2D eigenvalue weighted by Crippen LogP contribution is -2.13. The lowest BCUT2D eigenvalue weighted by atomic mass is 10.2. The van der Waals surface area contributed by atoms with Crippen molar-refractivity contribution < 1.29 is 18.3 Å². The highest BCUT2D eigenvalue weighted by Gasteiger charge is 2.12. The van der Waals surface area contributed by atoms with Gasteiger partial charge < -0.3 is 10.1 Å². The summed E-state index contributed by atoms with van der Waals surface area (Å²) < 4.78 is 31.9. The van der Waals surface area contributed by atoms with E-state index in [9.17, 15) is 13.6 Å². The highest BCUT2D eigenvalue weighted by molar-refractivity contribution is 6.04. The van der Waals surface area contributed by atoms with Gasteiger partial charge in [-0.15, -0.1) is 0 Å². The minimum Gasteiger partial charge on any atom is -0.424 e. The second-order valence-corrected chi connectivity index (χ2v) is 4.74. The summed E-state index contributed by atoms with van der Waals surface area (Å²) in [6.45, 7) is 0. The number of ether oxygens (including phenoxy) is 1. The first-order valence-electron chi connectivity index (χ1n) is 6.93. The largest absolute Gasteiger partial charge is 0.424 e. The van der Waals surface area contributed by atoms with E-state index < -0.39 is 17.5 Å². The average Bonchev–Trinajstić information content (AvgIpc) is 2.57. The van der Waals surface area contributed by atoms with E-state index >= 15 is 0 Å². The number of amides is 1. The molecule has 1 amide bonds. The van der Waals surface area contributed by atoms with Gasteiger partial charge in [0.05, 0.1) is 5.56 Å². The SMILES string of the molecule is O=C(Nc1ccc(Oc2ncccn2)cc1)c1ccc(F)cc1F. The van der Waals surface area contributed by atoms with Crippen molar-refractivity contribution in [1.29, 1.82) is 0 Å². The molecule has 0 bridgehead atoms. The minimum atomic E-state index is -0.923. The number of nitrogens with zero attached hydrogens (tertiary/aromatic N) is 2. The predicted molar refractivity (Wildman–Crippen MR) is 82.9 cm³/mol. The van der Waals surface area contributed by atoms with Crippen LogP contribution in [0.4, 0.5) is 14.5 Å². The minimum absolute atomic E-state index is 0.197. The Balaban J connectivity index is 1.68. The van der Waals surface area contributed by atoms with Crippen LogP contribution in [0.15, 0.2) is 60.9 Å². The first kappa shape index (κ1) is 15.5. The van der Waals surface area contributed by atoms with E-state index in [1.807, 2.05) is 0 Å². The van der Waals surface area contributed by atoms with Gasteiger partial charge in [-0.05, 0) is 42.5 Å². The number of nitrogens with one attached hydrogen (secondary N) is 1. The summed E-state index contributed by atoms with van der Waals surface area (Å²) >= 11 is 0. The Hall–Kier alpha value is -3.35. The number of aromatic nitrogens is 2. The molecule has 1 heterocycles. The maximum atomic E-state index is 13.6. The molecule has 0 unspecified atom stereocenters. The molecule has 5 nitrogen and oxygen atoms in total. The van der Waals surface area contributed by atoms with Crippen LogP contribution in [0.5, 0.6) is 11.8 Å². The van der Waals surface area contributed by atoms with E-state index in [1.54, 1.807) is 42.7 Å². The fourth-order valence-corrected chi connectivity index (χ4v) is 1.92. The standard InChI is InChI=1S/C17H11F2N3O2/c18-11-2-7-14(15(19)10-11)16(23)22-12-3-5-13(6-4-12)24-17-20-8-1-9-21-17/h1-10H,(H,22,23). The molecule has 120 valence electrons. The van der Waals surface area contributed by atoms with E-state index in [0.29, 0.717) is 17.5 Å². The van der Waals surface area contributed by atoms with Crippen LogP contribution in [0.2, 0.25) is 0 Å². The van der Waals surface area contributed by atoms with E-state index in [-0.39, 0.29) is 11.6 Å². The van der Waals surface area contributed by atoms with Crippen LogP contribution in [0.1, 0.15) is 10.4 Å². The zero-order valence-electron chi connectivity index (χ0n) is 12.2. The van der Waals surface area contributed by atoms with E-state index in [1.165, 1.54) is 0 Å². The van der Waals surface area contributed by atoms with Crippen LogP contribution in [0.3, 0.4) is 0 Å². The number of carbonyl (C=O) groups is 1. The molecule has 0 saturated heterocycles. The molecule has 0 aliphatic heterocycles. The molecule has 0 fully saturated rings. The van der Waals surface area contributed by atoms with Gasteiger partial charge in [0, 0.05) is 24.1 Å². The average molecular weight is 327 g/mol. The van der Waals surface area contributed by atoms with Gasteiger partial charge in [0.1, 0.15) is 17.4 Å². The second kappa shape index (κ2) is 6.82. The lowest BCUT2D eigenvalue weighted by Gasteiger charge is -2.07. The van der Waals surface area contributed by atoms with Crippen molar-refractivity contribution in [2.75, 3.05) is 5.32 Å².